The van der Waals surface area contributed by atoms with E-state index in [0.717, 1.165) is 6.54 Å². The van der Waals surface area contributed by atoms with E-state index < -0.39 is 0 Å². The van der Waals surface area contributed by atoms with Crippen molar-refractivity contribution in [3.05, 3.63) is 18.7 Å². The topological polar surface area (TPSA) is 17.8 Å². The largest absolute Gasteiger partial charge is 0.337 e. The van der Waals surface area contributed by atoms with E-state index in [4.69, 9.17) is 0 Å². The number of rotatable bonds is 15. The number of hydrogen-bond donors (Lipinski definition) is 0. The zero-order valence-corrected chi connectivity index (χ0v) is 15.2. The minimum atomic E-state index is 0. The summed E-state index contributed by atoms with van der Waals surface area (Å²) in [5.74, 6) is 0. The van der Waals surface area contributed by atoms with E-state index in [0.29, 0.717) is 0 Å². The van der Waals surface area contributed by atoms with E-state index in [1.807, 2.05) is 12.5 Å². The fourth-order valence-electron chi connectivity index (χ4n) is 2.91. The smallest absolute Gasteiger partial charge is 0.0945 e. The van der Waals surface area contributed by atoms with Crippen molar-refractivity contribution < 1.29 is 0 Å². The van der Waals surface area contributed by atoms with Crippen LogP contribution in [-0.4, -0.2) is 28.4 Å². The van der Waals surface area contributed by atoms with Crippen LogP contribution >= 0.6 is 0 Å². The molecule has 0 aliphatic rings. The molecule has 3 heteroatoms. The van der Waals surface area contributed by atoms with Crippen LogP contribution in [0.5, 0.6) is 0 Å². The summed E-state index contributed by atoms with van der Waals surface area (Å²) in [4.78, 5) is 4.07. The summed E-state index contributed by atoms with van der Waals surface area (Å²) in [6.45, 7) is 3.43. The second-order valence-corrected chi connectivity index (χ2v) is 6.40. The summed E-state index contributed by atoms with van der Waals surface area (Å²) in [6.07, 6.45) is 25.8. The number of aromatic nitrogens is 2. The first-order chi connectivity index (χ1) is 10.4. The van der Waals surface area contributed by atoms with E-state index in [9.17, 15) is 0 Å². The number of imidazole rings is 1. The van der Waals surface area contributed by atoms with Gasteiger partial charge < -0.3 is 4.57 Å². The first-order valence-corrected chi connectivity index (χ1v) is 9.39. The van der Waals surface area contributed by atoms with Crippen molar-refractivity contribution in [2.45, 2.75) is 103 Å². The van der Waals surface area contributed by atoms with Crippen molar-refractivity contribution in [2.24, 2.45) is 0 Å². The van der Waals surface area contributed by atoms with Crippen molar-refractivity contribution in [1.82, 2.24) is 9.55 Å². The molecule has 0 aromatic carbocycles. The molecule has 0 saturated heterocycles. The summed E-state index contributed by atoms with van der Waals surface area (Å²) >= 11 is 0. The van der Waals surface area contributed by atoms with Crippen LogP contribution in [0, 0.1) is 0 Å². The van der Waals surface area contributed by atoms with E-state index in [-0.39, 0.29) is 18.9 Å². The summed E-state index contributed by atoms with van der Waals surface area (Å²) in [5, 5.41) is 0. The van der Waals surface area contributed by atoms with Crippen LogP contribution in [0.4, 0.5) is 0 Å². The first-order valence-electron chi connectivity index (χ1n) is 9.39. The molecule has 0 N–H and O–H groups in total. The maximum atomic E-state index is 4.07. The third-order valence-corrected chi connectivity index (χ3v) is 4.33. The average molecular weight is 299 g/mol. The van der Waals surface area contributed by atoms with Crippen LogP contribution in [0.2, 0.25) is 0 Å². The fraction of sp³-hybridized carbons (Fsp3) is 0.842. The molecule has 1 radical (unpaired) electrons. The normalized spacial score (nSPS) is 10.6. The Balaban J connectivity index is 0.00000441. The molecular formula is C19H36LiN2. The van der Waals surface area contributed by atoms with Gasteiger partial charge in [-0.3, -0.25) is 0 Å². The Morgan fingerprint density at radius 1 is 0.682 bits per heavy atom. The van der Waals surface area contributed by atoms with E-state index in [1.165, 1.54) is 89.9 Å². The van der Waals surface area contributed by atoms with Crippen molar-refractivity contribution >= 4 is 18.9 Å². The molecule has 1 rings (SSSR count). The molecule has 1 aromatic rings. The zero-order chi connectivity index (χ0) is 15.0. The van der Waals surface area contributed by atoms with Crippen molar-refractivity contribution in [3.8, 4) is 0 Å². The fourth-order valence-corrected chi connectivity index (χ4v) is 2.91. The maximum absolute atomic E-state index is 4.07. The summed E-state index contributed by atoms with van der Waals surface area (Å²) in [6, 6.07) is 0. The van der Waals surface area contributed by atoms with Gasteiger partial charge >= 0.3 is 0 Å². The number of unbranched alkanes of at least 4 members (excludes halogenated alkanes) is 13. The predicted octanol–water partition coefficient (Wildman–Crippen LogP) is 5.98. The van der Waals surface area contributed by atoms with E-state index in [1.54, 1.807) is 0 Å². The van der Waals surface area contributed by atoms with Gasteiger partial charge in [-0.25, -0.2) is 4.98 Å². The quantitative estimate of drug-likeness (QED) is 0.287. The third kappa shape index (κ3) is 13.5. The molecule has 0 aliphatic heterocycles. The van der Waals surface area contributed by atoms with Crippen LogP contribution in [0.15, 0.2) is 18.7 Å². The Kier molecular flexibility index (Phi) is 17.0. The molecule has 0 saturated carbocycles. The van der Waals surface area contributed by atoms with Gasteiger partial charge in [0, 0.05) is 37.8 Å². The predicted molar refractivity (Wildman–Crippen MR) is 98.3 cm³/mol. The van der Waals surface area contributed by atoms with Gasteiger partial charge in [-0.15, -0.1) is 0 Å². The van der Waals surface area contributed by atoms with Crippen molar-refractivity contribution in [3.63, 3.8) is 0 Å². The molecule has 123 valence electrons. The Labute approximate surface area is 150 Å². The molecule has 0 unspecified atom stereocenters. The minimum absolute atomic E-state index is 0. The average Bonchev–Trinajstić information content (AvgIpc) is 3.01. The Morgan fingerprint density at radius 2 is 1.14 bits per heavy atom. The molecule has 0 spiro atoms. The van der Waals surface area contributed by atoms with E-state index >= 15 is 0 Å². The standard InChI is InChI=1S/C19H36N2.Li/c1-2-3-4-5-6-7-8-9-10-11-12-13-14-15-17-21-18-16-20-19-21;/h16,18-19H,2-15,17H2,1H3;. The molecule has 1 aromatic heterocycles. The number of aryl methyl sites for hydroxylation is 1. The van der Waals surface area contributed by atoms with Crippen molar-refractivity contribution in [1.29, 1.82) is 0 Å². The maximum Gasteiger partial charge on any atom is 0.0945 e. The monoisotopic (exact) mass is 299 g/mol. The van der Waals surface area contributed by atoms with Gasteiger partial charge in [-0.05, 0) is 6.42 Å². The number of nitrogens with zero attached hydrogens (tertiary/aromatic N) is 2. The molecule has 1 heterocycles. The second-order valence-electron chi connectivity index (χ2n) is 6.40. The van der Waals surface area contributed by atoms with Gasteiger partial charge in [0.15, 0.2) is 0 Å². The van der Waals surface area contributed by atoms with Gasteiger partial charge in [0.2, 0.25) is 0 Å². The van der Waals surface area contributed by atoms with E-state index in [2.05, 4.69) is 22.7 Å². The Hall–Kier alpha value is -0.193. The van der Waals surface area contributed by atoms with Gasteiger partial charge in [0.25, 0.3) is 0 Å². The molecule has 2 nitrogen and oxygen atoms in total. The summed E-state index contributed by atoms with van der Waals surface area (Å²) < 4.78 is 2.18. The molecule has 0 atom stereocenters. The third-order valence-electron chi connectivity index (χ3n) is 4.33. The molecule has 0 aliphatic carbocycles. The number of hydrogen-bond acceptors (Lipinski definition) is 1. The van der Waals surface area contributed by atoms with Gasteiger partial charge in [-0.1, -0.05) is 90.4 Å². The molecule has 0 fully saturated rings. The summed E-state index contributed by atoms with van der Waals surface area (Å²) in [7, 11) is 0. The Bertz CT molecular complexity index is 298. The van der Waals surface area contributed by atoms with Crippen molar-refractivity contribution in [2.75, 3.05) is 0 Å². The first kappa shape index (κ1) is 21.8. The Morgan fingerprint density at radius 3 is 1.55 bits per heavy atom. The second kappa shape index (κ2) is 17.2. The SMILES string of the molecule is CCCCCCCCCCCCCCCCn1ccnc1.[Li]. The summed E-state index contributed by atoms with van der Waals surface area (Å²) in [5.41, 5.74) is 0. The molecule has 0 amide bonds. The van der Waals surface area contributed by atoms with Crippen LogP contribution < -0.4 is 0 Å². The zero-order valence-electron chi connectivity index (χ0n) is 15.2. The van der Waals surface area contributed by atoms with Crippen LogP contribution in [-0.2, 0) is 6.54 Å². The molecule has 22 heavy (non-hydrogen) atoms. The van der Waals surface area contributed by atoms with Crippen LogP contribution in [0.3, 0.4) is 0 Å². The minimum Gasteiger partial charge on any atom is -0.337 e. The molecular weight excluding hydrogens is 263 g/mol. The van der Waals surface area contributed by atoms with Gasteiger partial charge in [0.05, 0.1) is 6.33 Å². The molecule has 0 bridgehead atoms. The van der Waals surface area contributed by atoms with Gasteiger partial charge in [-0.2, -0.15) is 0 Å². The van der Waals surface area contributed by atoms with Crippen LogP contribution in [0.25, 0.3) is 0 Å². The van der Waals surface area contributed by atoms with Crippen LogP contribution in [0.1, 0.15) is 96.8 Å². The van der Waals surface area contributed by atoms with Gasteiger partial charge in [0.1, 0.15) is 0 Å².